The van der Waals surface area contributed by atoms with Gasteiger partial charge in [-0.25, -0.2) is 0 Å². The van der Waals surface area contributed by atoms with Crippen LogP contribution in [0.25, 0.3) is 0 Å². The molecule has 0 radical (unpaired) electrons. The van der Waals surface area contributed by atoms with E-state index in [1.807, 2.05) is 0 Å². The molecule has 1 N–H and O–H groups in total. The Balaban J connectivity index is 2.10. The van der Waals surface area contributed by atoms with Gasteiger partial charge in [0.1, 0.15) is 0 Å². The van der Waals surface area contributed by atoms with Crippen LogP contribution in [0.2, 0.25) is 0 Å². The highest BCUT2D eigenvalue weighted by atomic mass is 16.5. The predicted octanol–water partition coefficient (Wildman–Crippen LogP) is 0.575. The van der Waals surface area contributed by atoms with Crippen LogP contribution < -0.4 is 0 Å². The standard InChI is InChI=1S/C11H17NO3/c1-2-6-12-7-3-10(4-8-12)15-9-5-11(13)14/h1,10H,3-9H2,(H,13,14). The lowest BCUT2D eigenvalue weighted by molar-refractivity contribution is -0.138. The van der Waals surface area contributed by atoms with Crippen molar-refractivity contribution in [2.75, 3.05) is 26.2 Å². The summed E-state index contributed by atoms with van der Waals surface area (Å²) in [6.07, 6.45) is 7.41. The molecule has 0 saturated carbocycles. The highest BCUT2D eigenvalue weighted by Gasteiger charge is 2.18. The average Bonchev–Trinajstić information content (AvgIpc) is 2.20. The lowest BCUT2D eigenvalue weighted by Gasteiger charge is -2.30. The molecule has 0 spiro atoms. The van der Waals surface area contributed by atoms with Crippen LogP contribution in [0.1, 0.15) is 19.3 Å². The van der Waals surface area contributed by atoms with Gasteiger partial charge >= 0.3 is 5.97 Å². The van der Waals surface area contributed by atoms with E-state index in [4.69, 9.17) is 16.3 Å². The second-order valence-corrected chi connectivity index (χ2v) is 3.69. The lowest BCUT2D eigenvalue weighted by atomic mass is 10.1. The zero-order chi connectivity index (χ0) is 11.1. The molecule has 15 heavy (non-hydrogen) atoms. The number of aliphatic carboxylic acids is 1. The first-order valence-electron chi connectivity index (χ1n) is 5.21. The Labute approximate surface area is 90.2 Å². The van der Waals surface area contributed by atoms with Crippen LogP contribution in [0.4, 0.5) is 0 Å². The maximum absolute atomic E-state index is 10.3. The van der Waals surface area contributed by atoms with E-state index in [1.165, 1.54) is 0 Å². The molecule has 0 unspecified atom stereocenters. The lowest BCUT2D eigenvalue weighted by Crippen LogP contribution is -2.37. The van der Waals surface area contributed by atoms with Crippen molar-refractivity contribution in [1.29, 1.82) is 0 Å². The maximum Gasteiger partial charge on any atom is 0.305 e. The molecule has 0 aliphatic carbocycles. The number of carboxylic acid groups (broad SMARTS) is 1. The molecule has 0 bridgehead atoms. The Morgan fingerprint density at radius 3 is 2.73 bits per heavy atom. The van der Waals surface area contributed by atoms with Gasteiger partial charge in [0.25, 0.3) is 0 Å². The number of carboxylic acids is 1. The highest BCUT2D eigenvalue weighted by Crippen LogP contribution is 2.13. The summed E-state index contributed by atoms with van der Waals surface area (Å²) in [7, 11) is 0. The SMILES string of the molecule is C#CCN1CCC(OCCC(=O)O)CC1. The minimum absolute atomic E-state index is 0.0879. The van der Waals surface area contributed by atoms with E-state index in [0.717, 1.165) is 25.9 Å². The first-order chi connectivity index (χ1) is 7.22. The van der Waals surface area contributed by atoms with Crippen molar-refractivity contribution in [2.24, 2.45) is 0 Å². The summed E-state index contributed by atoms with van der Waals surface area (Å²) in [5.74, 6) is 1.81. The second kappa shape index (κ2) is 6.44. The fourth-order valence-corrected chi connectivity index (χ4v) is 1.68. The molecule has 4 nitrogen and oxygen atoms in total. The van der Waals surface area contributed by atoms with E-state index in [1.54, 1.807) is 0 Å². The zero-order valence-corrected chi connectivity index (χ0v) is 8.82. The van der Waals surface area contributed by atoms with Crippen molar-refractivity contribution in [3.05, 3.63) is 0 Å². The van der Waals surface area contributed by atoms with Crippen molar-refractivity contribution in [3.63, 3.8) is 0 Å². The van der Waals surface area contributed by atoms with Crippen molar-refractivity contribution in [2.45, 2.75) is 25.4 Å². The minimum Gasteiger partial charge on any atom is -0.481 e. The normalized spacial score (nSPS) is 18.6. The van der Waals surface area contributed by atoms with Gasteiger partial charge in [0.05, 0.1) is 25.7 Å². The van der Waals surface area contributed by atoms with Gasteiger partial charge in [0.2, 0.25) is 0 Å². The molecule has 0 aromatic carbocycles. The fraction of sp³-hybridized carbons (Fsp3) is 0.727. The monoisotopic (exact) mass is 211 g/mol. The third-order valence-electron chi connectivity index (χ3n) is 2.52. The quantitative estimate of drug-likeness (QED) is 0.676. The summed E-state index contributed by atoms with van der Waals surface area (Å²) in [6, 6.07) is 0. The minimum atomic E-state index is -0.806. The molecule has 0 amide bonds. The molecule has 1 saturated heterocycles. The molecule has 1 fully saturated rings. The summed E-state index contributed by atoms with van der Waals surface area (Å²) in [5.41, 5.74) is 0. The van der Waals surface area contributed by atoms with Gasteiger partial charge in [-0.15, -0.1) is 6.42 Å². The number of hydrogen-bond donors (Lipinski definition) is 1. The maximum atomic E-state index is 10.3. The van der Waals surface area contributed by atoms with Crippen LogP contribution in [0.5, 0.6) is 0 Å². The summed E-state index contributed by atoms with van der Waals surface area (Å²) in [6.45, 7) is 2.90. The van der Waals surface area contributed by atoms with Gasteiger partial charge in [0.15, 0.2) is 0 Å². The number of nitrogens with zero attached hydrogens (tertiary/aromatic N) is 1. The topological polar surface area (TPSA) is 49.8 Å². The molecule has 0 atom stereocenters. The Morgan fingerprint density at radius 1 is 1.53 bits per heavy atom. The summed E-state index contributed by atoms with van der Waals surface area (Å²) >= 11 is 0. The molecular formula is C11H17NO3. The molecule has 0 aromatic heterocycles. The van der Waals surface area contributed by atoms with Gasteiger partial charge in [-0.05, 0) is 12.8 Å². The molecule has 1 rings (SSSR count). The molecule has 1 aliphatic heterocycles. The van der Waals surface area contributed by atoms with Gasteiger partial charge in [-0.2, -0.15) is 0 Å². The molecule has 0 aromatic rings. The van der Waals surface area contributed by atoms with Crippen molar-refractivity contribution >= 4 is 5.97 Å². The molecule has 1 aliphatic rings. The van der Waals surface area contributed by atoms with Crippen LogP contribution in [0, 0.1) is 12.3 Å². The third kappa shape index (κ3) is 4.82. The molecule has 1 heterocycles. The number of ether oxygens (including phenoxy) is 1. The Bertz CT molecular complexity index is 239. The van der Waals surface area contributed by atoms with Gasteiger partial charge < -0.3 is 9.84 Å². The Hall–Kier alpha value is -1.05. The summed E-state index contributed by atoms with van der Waals surface area (Å²) in [4.78, 5) is 12.5. The molecule has 84 valence electrons. The Morgan fingerprint density at radius 2 is 2.20 bits per heavy atom. The largest absolute Gasteiger partial charge is 0.481 e. The van der Waals surface area contributed by atoms with E-state index in [2.05, 4.69) is 10.8 Å². The first-order valence-corrected chi connectivity index (χ1v) is 5.21. The van der Waals surface area contributed by atoms with Gasteiger partial charge in [-0.3, -0.25) is 9.69 Å². The Kier molecular flexibility index (Phi) is 5.16. The fourth-order valence-electron chi connectivity index (χ4n) is 1.68. The number of hydrogen-bond acceptors (Lipinski definition) is 3. The van der Waals surface area contributed by atoms with E-state index in [9.17, 15) is 4.79 Å². The molecular weight excluding hydrogens is 194 g/mol. The molecule has 4 heteroatoms. The summed E-state index contributed by atoms with van der Waals surface area (Å²) in [5, 5.41) is 8.44. The smallest absolute Gasteiger partial charge is 0.305 e. The number of carbonyl (C=O) groups is 1. The van der Waals surface area contributed by atoms with Crippen LogP contribution >= 0.6 is 0 Å². The average molecular weight is 211 g/mol. The number of terminal acetylenes is 1. The number of likely N-dealkylation sites (tertiary alicyclic amines) is 1. The van der Waals surface area contributed by atoms with E-state index < -0.39 is 5.97 Å². The van der Waals surface area contributed by atoms with E-state index in [0.29, 0.717) is 13.2 Å². The van der Waals surface area contributed by atoms with Crippen LogP contribution in [-0.2, 0) is 9.53 Å². The van der Waals surface area contributed by atoms with Crippen molar-refractivity contribution in [3.8, 4) is 12.3 Å². The number of piperidine rings is 1. The zero-order valence-electron chi connectivity index (χ0n) is 8.82. The van der Waals surface area contributed by atoms with Crippen LogP contribution in [0.3, 0.4) is 0 Å². The second-order valence-electron chi connectivity index (χ2n) is 3.69. The van der Waals surface area contributed by atoms with Crippen molar-refractivity contribution < 1.29 is 14.6 Å². The summed E-state index contributed by atoms with van der Waals surface area (Å²) < 4.78 is 5.46. The van der Waals surface area contributed by atoms with E-state index in [-0.39, 0.29) is 12.5 Å². The van der Waals surface area contributed by atoms with Crippen LogP contribution in [-0.4, -0.2) is 48.3 Å². The van der Waals surface area contributed by atoms with Crippen LogP contribution in [0.15, 0.2) is 0 Å². The number of rotatable bonds is 5. The first kappa shape index (κ1) is 12.0. The highest BCUT2D eigenvalue weighted by molar-refractivity contribution is 5.66. The van der Waals surface area contributed by atoms with Gasteiger partial charge in [-0.1, -0.05) is 5.92 Å². The third-order valence-corrected chi connectivity index (χ3v) is 2.52. The van der Waals surface area contributed by atoms with Gasteiger partial charge in [0, 0.05) is 13.1 Å². The van der Waals surface area contributed by atoms with E-state index >= 15 is 0 Å². The van der Waals surface area contributed by atoms with Crippen molar-refractivity contribution in [1.82, 2.24) is 4.90 Å². The predicted molar refractivity (Wildman–Crippen MR) is 56.5 cm³/mol.